The Kier molecular flexibility index (Phi) is 4.71. The number of rotatable bonds is 4. The fourth-order valence-electron chi connectivity index (χ4n) is 3.23. The minimum absolute atomic E-state index is 0.0330. The molecule has 1 amide bonds. The lowest BCUT2D eigenvalue weighted by molar-refractivity contribution is -0.134. The summed E-state index contributed by atoms with van der Waals surface area (Å²) < 4.78 is 7.07. The third kappa shape index (κ3) is 3.62. The number of aromatic nitrogens is 4. The van der Waals surface area contributed by atoms with E-state index in [0.29, 0.717) is 24.0 Å². The number of benzene rings is 1. The molecule has 0 radical (unpaired) electrons. The molecule has 3 heterocycles. The van der Waals surface area contributed by atoms with Gasteiger partial charge in [-0.25, -0.2) is 0 Å². The lowest BCUT2D eigenvalue weighted by Gasteiger charge is -2.33. The summed E-state index contributed by atoms with van der Waals surface area (Å²) in [6, 6.07) is 11.3. The van der Waals surface area contributed by atoms with E-state index in [9.17, 15) is 4.79 Å². The summed E-state index contributed by atoms with van der Waals surface area (Å²) in [4.78, 5) is 14.4. The van der Waals surface area contributed by atoms with Gasteiger partial charge in [0.15, 0.2) is 12.3 Å². The van der Waals surface area contributed by atoms with Gasteiger partial charge in [-0.1, -0.05) is 23.7 Å². The Balaban J connectivity index is 1.37. The number of hydrogen-bond acceptors (Lipinski definition) is 5. The fourth-order valence-corrected chi connectivity index (χ4v) is 3.35. The molecule has 1 fully saturated rings. The number of carbonyl (C=O) groups excluding carboxylic acids is 1. The number of likely N-dealkylation sites (tertiary alicyclic amines) is 1. The summed E-state index contributed by atoms with van der Waals surface area (Å²) in [5.41, 5.74) is 1.85. The van der Waals surface area contributed by atoms with Gasteiger partial charge in [0.05, 0.1) is 0 Å². The molecule has 4 rings (SSSR count). The van der Waals surface area contributed by atoms with Crippen molar-refractivity contribution >= 4 is 23.2 Å². The summed E-state index contributed by atoms with van der Waals surface area (Å²) in [5, 5.41) is 12.6. The van der Waals surface area contributed by atoms with Crippen molar-refractivity contribution in [1.29, 1.82) is 0 Å². The molecule has 2 aromatic heterocycles. The molecule has 0 unspecified atom stereocenters. The molecule has 0 aliphatic carbocycles. The molecular weight excluding hydrogens is 354 g/mol. The Labute approximate surface area is 155 Å². The molecule has 1 atom stereocenters. The molecule has 0 spiro atoms. The monoisotopic (exact) mass is 371 g/mol. The lowest BCUT2D eigenvalue weighted by Crippen LogP contribution is -2.41. The van der Waals surface area contributed by atoms with Gasteiger partial charge < -0.3 is 9.64 Å². The number of halogens is 1. The molecule has 1 aliphatic heterocycles. The lowest BCUT2D eigenvalue weighted by atomic mass is 9.90. The molecule has 1 aromatic carbocycles. The van der Waals surface area contributed by atoms with Crippen LogP contribution in [-0.4, -0.2) is 50.3 Å². The highest BCUT2D eigenvalue weighted by Crippen LogP contribution is 2.27. The van der Waals surface area contributed by atoms with Crippen molar-refractivity contribution in [2.24, 2.45) is 0 Å². The zero-order chi connectivity index (χ0) is 17.9. The first-order valence-electron chi connectivity index (χ1n) is 8.52. The maximum absolute atomic E-state index is 12.5. The van der Waals surface area contributed by atoms with Gasteiger partial charge in [0.1, 0.15) is 6.33 Å². The topological polar surface area (TPSA) is 72.6 Å². The van der Waals surface area contributed by atoms with Gasteiger partial charge in [-0.2, -0.15) is 4.52 Å². The third-order valence-electron chi connectivity index (χ3n) is 4.60. The van der Waals surface area contributed by atoms with Crippen LogP contribution in [0, 0.1) is 0 Å². The fraction of sp³-hybridized carbons (Fsp3) is 0.333. The van der Waals surface area contributed by atoms with Gasteiger partial charge in [0.2, 0.25) is 5.88 Å². The second-order valence-electron chi connectivity index (χ2n) is 6.32. The van der Waals surface area contributed by atoms with E-state index in [4.69, 9.17) is 16.3 Å². The van der Waals surface area contributed by atoms with E-state index in [1.165, 1.54) is 16.4 Å². The van der Waals surface area contributed by atoms with Crippen LogP contribution in [-0.2, 0) is 4.79 Å². The zero-order valence-corrected chi connectivity index (χ0v) is 14.8. The number of amides is 1. The summed E-state index contributed by atoms with van der Waals surface area (Å²) in [6.07, 6.45) is 3.54. The number of piperidine rings is 1. The van der Waals surface area contributed by atoms with Crippen molar-refractivity contribution in [3.8, 4) is 5.88 Å². The second kappa shape index (κ2) is 7.29. The van der Waals surface area contributed by atoms with E-state index < -0.39 is 0 Å². The smallest absolute Gasteiger partial charge is 0.260 e. The van der Waals surface area contributed by atoms with Gasteiger partial charge in [-0.05, 0) is 36.6 Å². The van der Waals surface area contributed by atoms with Crippen LogP contribution in [0.15, 0.2) is 42.7 Å². The van der Waals surface area contributed by atoms with Crippen molar-refractivity contribution in [2.75, 3.05) is 19.7 Å². The van der Waals surface area contributed by atoms with Crippen LogP contribution in [0.2, 0.25) is 5.02 Å². The van der Waals surface area contributed by atoms with Gasteiger partial charge >= 0.3 is 0 Å². The molecular formula is C18H18ClN5O2. The Morgan fingerprint density at radius 1 is 1.23 bits per heavy atom. The third-order valence-corrected chi connectivity index (χ3v) is 4.85. The van der Waals surface area contributed by atoms with Gasteiger partial charge in [-0.3, -0.25) is 4.79 Å². The number of fused-ring (bicyclic) bond motifs is 1. The average molecular weight is 372 g/mol. The van der Waals surface area contributed by atoms with Crippen LogP contribution in [0.3, 0.4) is 0 Å². The van der Waals surface area contributed by atoms with Crippen molar-refractivity contribution in [3.63, 3.8) is 0 Å². The van der Waals surface area contributed by atoms with Crippen LogP contribution >= 0.6 is 11.6 Å². The van der Waals surface area contributed by atoms with E-state index in [0.717, 1.165) is 24.4 Å². The van der Waals surface area contributed by atoms with Crippen LogP contribution in [0.5, 0.6) is 5.88 Å². The number of ether oxygens (including phenoxy) is 1. The molecule has 8 heteroatoms. The average Bonchev–Trinajstić information content (AvgIpc) is 3.14. The zero-order valence-electron chi connectivity index (χ0n) is 14.1. The quantitative estimate of drug-likeness (QED) is 0.704. The standard InChI is InChI=1S/C18H18ClN5O2/c19-15-5-3-13(4-6-15)14-2-1-9-23(10-14)18(25)11-26-17-8-7-16-21-20-12-24(16)22-17/h3-8,12,14H,1-2,9-11H2/t14-/m0/s1. The van der Waals surface area contributed by atoms with Crippen molar-refractivity contribution in [3.05, 3.63) is 53.3 Å². The highest BCUT2D eigenvalue weighted by atomic mass is 35.5. The molecule has 0 saturated carbocycles. The van der Waals surface area contributed by atoms with Gasteiger partial charge in [0.25, 0.3) is 5.91 Å². The second-order valence-corrected chi connectivity index (χ2v) is 6.76. The summed E-state index contributed by atoms with van der Waals surface area (Å²) in [5.74, 6) is 0.669. The molecule has 1 aliphatic rings. The van der Waals surface area contributed by atoms with Gasteiger partial charge in [-0.15, -0.1) is 15.3 Å². The highest BCUT2D eigenvalue weighted by Gasteiger charge is 2.25. The molecule has 26 heavy (non-hydrogen) atoms. The molecule has 0 N–H and O–H groups in total. The Morgan fingerprint density at radius 2 is 2.08 bits per heavy atom. The highest BCUT2D eigenvalue weighted by molar-refractivity contribution is 6.30. The number of nitrogens with zero attached hydrogens (tertiary/aromatic N) is 5. The molecule has 1 saturated heterocycles. The predicted molar refractivity (Wildman–Crippen MR) is 96.3 cm³/mol. The first-order chi connectivity index (χ1) is 12.7. The Morgan fingerprint density at radius 3 is 2.92 bits per heavy atom. The minimum Gasteiger partial charge on any atom is -0.467 e. The first-order valence-corrected chi connectivity index (χ1v) is 8.90. The van der Waals surface area contributed by atoms with Crippen LogP contribution in [0.4, 0.5) is 0 Å². The van der Waals surface area contributed by atoms with Crippen molar-refractivity contribution in [2.45, 2.75) is 18.8 Å². The maximum atomic E-state index is 12.5. The van der Waals surface area contributed by atoms with E-state index in [1.807, 2.05) is 29.2 Å². The summed E-state index contributed by atoms with van der Waals surface area (Å²) in [7, 11) is 0. The van der Waals surface area contributed by atoms with E-state index in [-0.39, 0.29) is 12.5 Å². The molecule has 0 bridgehead atoms. The normalized spacial score (nSPS) is 17.4. The molecule has 7 nitrogen and oxygen atoms in total. The molecule has 3 aromatic rings. The van der Waals surface area contributed by atoms with Crippen molar-refractivity contribution < 1.29 is 9.53 Å². The first kappa shape index (κ1) is 16.8. The van der Waals surface area contributed by atoms with Gasteiger partial charge in [0, 0.05) is 30.1 Å². The summed E-state index contributed by atoms with van der Waals surface area (Å²) in [6.45, 7) is 1.42. The largest absolute Gasteiger partial charge is 0.467 e. The van der Waals surface area contributed by atoms with E-state index >= 15 is 0 Å². The van der Waals surface area contributed by atoms with Crippen LogP contribution in [0.25, 0.3) is 5.65 Å². The van der Waals surface area contributed by atoms with Crippen LogP contribution in [0.1, 0.15) is 24.3 Å². The summed E-state index contributed by atoms with van der Waals surface area (Å²) >= 11 is 5.96. The van der Waals surface area contributed by atoms with Crippen molar-refractivity contribution in [1.82, 2.24) is 24.7 Å². The van der Waals surface area contributed by atoms with E-state index in [1.54, 1.807) is 12.1 Å². The number of hydrogen-bond donors (Lipinski definition) is 0. The SMILES string of the molecule is O=C(COc1ccc2nncn2n1)N1CCC[C@H](c2ccc(Cl)cc2)C1. The molecule has 134 valence electrons. The Bertz CT molecular complexity index is 911. The number of carbonyl (C=O) groups is 1. The van der Waals surface area contributed by atoms with E-state index in [2.05, 4.69) is 15.3 Å². The Hall–Kier alpha value is -2.67. The maximum Gasteiger partial charge on any atom is 0.260 e. The minimum atomic E-state index is -0.0338. The van der Waals surface area contributed by atoms with Crippen LogP contribution < -0.4 is 4.74 Å². The predicted octanol–water partition coefficient (Wildman–Crippen LogP) is 2.56.